The molecule has 0 aromatic heterocycles. The van der Waals surface area contributed by atoms with E-state index in [0.717, 1.165) is 17.8 Å². The van der Waals surface area contributed by atoms with Crippen LogP contribution in [0.5, 0.6) is 0 Å². The molecule has 35 heavy (non-hydrogen) atoms. The van der Waals surface area contributed by atoms with E-state index in [1.54, 1.807) is 0 Å². The summed E-state index contributed by atoms with van der Waals surface area (Å²) in [5, 5.41) is 3.14. The minimum Gasteiger partial charge on any atom is -0.360 e. The molecule has 1 aromatic rings. The van der Waals surface area contributed by atoms with Gasteiger partial charge in [-0.1, -0.05) is 140 Å². The summed E-state index contributed by atoms with van der Waals surface area (Å²) in [7, 11) is 0. The van der Waals surface area contributed by atoms with Crippen LogP contribution in [0.15, 0.2) is 72.0 Å². The number of nitrogens with one attached hydrogen (secondary N) is 1. The molecule has 1 aromatic carbocycles. The molecule has 0 amide bonds. The molecule has 0 unspecified atom stereocenters. The fourth-order valence-electron chi connectivity index (χ4n) is 2.31. The summed E-state index contributed by atoms with van der Waals surface area (Å²) in [6.45, 7) is 28.7. The lowest BCUT2D eigenvalue weighted by Crippen LogP contribution is -1.92. The van der Waals surface area contributed by atoms with Crippen molar-refractivity contribution in [3.63, 3.8) is 0 Å². The molecule has 1 rings (SSSR count). The molecule has 0 saturated heterocycles. The van der Waals surface area contributed by atoms with Gasteiger partial charge in [-0.25, -0.2) is 0 Å². The van der Waals surface area contributed by atoms with Gasteiger partial charge in [0.2, 0.25) is 0 Å². The zero-order valence-electron chi connectivity index (χ0n) is 25.7. The average Bonchev–Trinajstić information content (AvgIpc) is 2.90. The zero-order valence-corrected chi connectivity index (χ0v) is 25.7. The highest BCUT2D eigenvalue weighted by atomic mass is 14.9. The first-order valence-electron chi connectivity index (χ1n) is 13.6. The molecule has 1 N–H and O–H groups in total. The zero-order chi connectivity index (χ0) is 28.5. The fourth-order valence-corrected chi connectivity index (χ4v) is 2.31. The van der Waals surface area contributed by atoms with Crippen LogP contribution in [-0.2, 0) is 0 Å². The number of terminal acetylenes is 1. The lowest BCUT2D eigenvalue weighted by Gasteiger charge is -2.04. The van der Waals surface area contributed by atoms with Gasteiger partial charge in [0.1, 0.15) is 0 Å². The van der Waals surface area contributed by atoms with Crippen LogP contribution in [0.2, 0.25) is 0 Å². The number of unbranched alkanes of at least 4 members (excludes halogenated alkanes) is 4. The van der Waals surface area contributed by atoms with Crippen molar-refractivity contribution in [1.29, 1.82) is 0 Å². The van der Waals surface area contributed by atoms with Crippen molar-refractivity contribution >= 4 is 5.69 Å². The molecule has 0 aliphatic heterocycles. The van der Waals surface area contributed by atoms with Crippen molar-refractivity contribution in [3.05, 3.63) is 77.6 Å². The Labute approximate surface area is 222 Å². The lowest BCUT2D eigenvalue weighted by molar-refractivity contribution is 0.656. The quantitative estimate of drug-likeness (QED) is 0.209. The Balaban J connectivity index is -0.000000118. The topological polar surface area (TPSA) is 12.0 Å². The average molecular weight is 484 g/mol. The van der Waals surface area contributed by atoms with E-state index in [1.807, 2.05) is 46.8 Å². The first kappa shape index (κ1) is 42.7. The lowest BCUT2D eigenvalue weighted by atomic mass is 10.1. The van der Waals surface area contributed by atoms with Crippen LogP contribution in [0, 0.1) is 19.8 Å². The van der Waals surface area contributed by atoms with Crippen LogP contribution in [0.3, 0.4) is 0 Å². The van der Waals surface area contributed by atoms with Gasteiger partial charge in [-0.05, 0) is 53.2 Å². The summed E-state index contributed by atoms with van der Waals surface area (Å²) < 4.78 is 0. The number of hydrogen-bond donors (Lipinski definition) is 1. The van der Waals surface area contributed by atoms with Crippen LogP contribution in [-0.4, -0.2) is 0 Å². The Kier molecular flexibility index (Phi) is 47.3. The summed E-state index contributed by atoms with van der Waals surface area (Å²) in [5.74, 6) is 0. The molecule has 0 aliphatic rings. The maximum atomic E-state index is 4.00. The number of rotatable bonds is 9. The van der Waals surface area contributed by atoms with Crippen molar-refractivity contribution in [3.8, 4) is 12.8 Å². The molecule has 0 fully saturated rings. The summed E-state index contributed by atoms with van der Waals surface area (Å²) >= 11 is 0. The largest absolute Gasteiger partial charge is 0.360 e. The predicted molar refractivity (Wildman–Crippen MR) is 169 cm³/mol. The van der Waals surface area contributed by atoms with E-state index >= 15 is 0 Å². The number of anilines is 1. The van der Waals surface area contributed by atoms with E-state index in [1.165, 1.54) is 48.8 Å². The molecule has 0 heterocycles. The number of aryl methyl sites for hydroxylation is 1. The smallest absolute Gasteiger partial charge is 0.0381 e. The van der Waals surface area contributed by atoms with E-state index in [4.69, 9.17) is 0 Å². The molecule has 1 heteroatoms. The minimum atomic E-state index is 0.967. The Morgan fingerprint density at radius 1 is 0.800 bits per heavy atom. The van der Waals surface area contributed by atoms with Gasteiger partial charge in [-0.2, -0.15) is 0 Å². The van der Waals surface area contributed by atoms with E-state index in [9.17, 15) is 0 Å². The third-order valence-electron chi connectivity index (χ3n) is 4.41. The first-order valence-corrected chi connectivity index (χ1v) is 13.6. The van der Waals surface area contributed by atoms with Crippen LogP contribution in [0.4, 0.5) is 5.69 Å². The van der Waals surface area contributed by atoms with E-state index < -0.39 is 0 Å². The van der Waals surface area contributed by atoms with Crippen molar-refractivity contribution in [1.82, 2.24) is 0 Å². The maximum Gasteiger partial charge on any atom is 0.0381 e. The van der Waals surface area contributed by atoms with Gasteiger partial charge in [0, 0.05) is 11.4 Å². The van der Waals surface area contributed by atoms with Gasteiger partial charge >= 0.3 is 0 Å². The molecular weight excluding hydrogens is 422 g/mol. The molecule has 0 radical (unpaired) electrons. The van der Waals surface area contributed by atoms with Gasteiger partial charge in [-0.15, -0.1) is 12.8 Å². The second-order valence-corrected chi connectivity index (χ2v) is 7.42. The van der Waals surface area contributed by atoms with Gasteiger partial charge in [0.05, 0.1) is 0 Å². The van der Waals surface area contributed by atoms with Crippen LogP contribution >= 0.6 is 0 Å². The normalized spacial score (nSPS) is 9.77. The van der Waals surface area contributed by atoms with E-state index in [-0.39, 0.29) is 0 Å². The molecular formula is C34H61N. The standard InChI is InChI=1S/C11H18.C10H13N.C7H16.2C2H6.C2H2/c1-5-10(4)8-9-11(6-2)7-3;1-8(2)11-10-6-4-9(3)5-7-10;1-3-5-7-6-4-2;3*1-2/h5-6,8-9H,7H2,1-4H3;4-7,11H,1H2,2-3H3;3-7H2,1-2H3;2*1-2H3;1-2H/b9-8-,10-5+,11-6+;;;;;. The van der Waals surface area contributed by atoms with Gasteiger partial charge in [-0.3, -0.25) is 0 Å². The van der Waals surface area contributed by atoms with Crippen LogP contribution < -0.4 is 5.32 Å². The molecule has 1 nitrogen and oxygen atoms in total. The molecule has 0 spiro atoms. The molecule has 0 atom stereocenters. The van der Waals surface area contributed by atoms with Crippen molar-refractivity contribution in [2.45, 2.75) is 122 Å². The third-order valence-corrected chi connectivity index (χ3v) is 4.41. The monoisotopic (exact) mass is 483 g/mol. The van der Waals surface area contributed by atoms with Crippen molar-refractivity contribution in [2.75, 3.05) is 5.32 Å². The SMILES string of the molecule is C#C.C/C=C(C)/C=C\C(=C\C)CC.C=C(C)Nc1ccc(C)cc1.CC.CC.CCCCCCC. The highest BCUT2D eigenvalue weighted by Gasteiger charge is 1.89. The highest BCUT2D eigenvalue weighted by Crippen LogP contribution is 2.10. The fraction of sp³-hybridized carbons (Fsp3) is 0.529. The van der Waals surface area contributed by atoms with Gasteiger partial charge in [0.15, 0.2) is 0 Å². The maximum absolute atomic E-state index is 4.00. The van der Waals surface area contributed by atoms with Crippen LogP contribution in [0.25, 0.3) is 0 Å². The van der Waals surface area contributed by atoms with E-state index in [2.05, 4.69) is 110 Å². The molecule has 0 bridgehead atoms. The summed E-state index contributed by atoms with van der Waals surface area (Å²) in [5.41, 5.74) is 6.05. The highest BCUT2D eigenvalue weighted by molar-refractivity contribution is 5.48. The first-order chi connectivity index (χ1) is 16.8. The number of hydrogen-bond acceptors (Lipinski definition) is 1. The Morgan fingerprint density at radius 2 is 1.26 bits per heavy atom. The molecule has 0 aliphatic carbocycles. The Morgan fingerprint density at radius 3 is 1.57 bits per heavy atom. The number of benzene rings is 1. The van der Waals surface area contributed by atoms with Gasteiger partial charge < -0.3 is 5.32 Å². The van der Waals surface area contributed by atoms with Crippen LogP contribution in [0.1, 0.15) is 120 Å². The van der Waals surface area contributed by atoms with Gasteiger partial charge in [0.25, 0.3) is 0 Å². The van der Waals surface area contributed by atoms with Crippen molar-refractivity contribution < 1.29 is 0 Å². The Bertz CT molecular complexity index is 635. The molecule has 202 valence electrons. The second kappa shape index (κ2) is 38.8. The summed E-state index contributed by atoms with van der Waals surface area (Å²) in [6, 6.07) is 8.24. The summed E-state index contributed by atoms with van der Waals surface area (Å²) in [6.07, 6.45) is 24.7. The third kappa shape index (κ3) is 39.1. The second-order valence-electron chi connectivity index (χ2n) is 7.42. The molecule has 0 saturated carbocycles. The Hall–Kier alpha value is -2.46. The predicted octanol–water partition coefficient (Wildman–Crippen LogP) is 12.1. The van der Waals surface area contributed by atoms with Crippen molar-refractivity contribution in [2.24, 2.45) is 0 Å². The minimum absolute atomic E-state index is 0.967. The van der Waals surface area contributed by atoms with E-state index in [0.29, 0.717) is 0 Å². The summed E-state index contributed by atoms with van der Waals surface area (Å²) in [4.78, 5) is 0. The number of allylic oxidation sites excluding steroid dienone is 7.